The number of halogens is 2. The Hall–Kier alpha value is -3.58. The van der Waals surface area contributed by atoms with E-state index in [1.807, 2.05) is 26.2 Å². The number of H-pyrrole nitrogens is 1. The molecule has 0 bridgehead atoms. The number of aromatic nitrogens is 2. The van der Waals surface area contributed by atoms with Crippen LogP contribution in [0.1, 0.15) is 34.3 Å². The molecule has 0 saturated heterocycles. The molecule has 4 aromatic rings. The number of rotatable bonds is 4. The van der Waals surface area contributed by atoms with E-state index < -0.39 is 11.4 Å². The second-order valence-corrected chi connectivity index (χ2v) is 8.45. The maximum Gasteiger partial charge on any atom is 0.272 e. The molecule has 3 aromatic carbocycles. The van der Waals surface area contributed by atoms with Gasteiger partial charge < -0.3 is 10.2 Å². The Labute approximate surface area is 183 Å². The molecule has 162 valence electrons. The fourth-order valence-electron chi connectivity index (χ4n) is 4.58. The van der Waals surface area contributed by atoms with Crippen molar-refractivity contribution >= 4 is 16.5 Å². The quantitative estimate of drug-likeness (QED) is 0.496. The van der Waals surface area contributed by atoms with Crippen molar-refractivity contribution in [2.75, 3.05) is 19.4 Å². The fourth-order valence-corrected chi connectivity index (χ4v) is 4.58. The molecule has 2 N–H and O–H groups in total. The first-order valence-corrected chi connectivity index (χ1v) is 10.4. The highest BCUT2D eigenvalue weighted by atomic mass is 19.1. The van der Waals surface area contributed by atoms with Crippen LogP contribution in [0.3, 0.4) is 0 Å². The van der Waals surface area contributed by atoms with Gasteiger partial charge >= 0.3 is 0 Å². The van der Waals surface area contributed by atoms with Crippen molar-refractivity contribution in [3.8, 4) is 0 Å². The van der Waals surface area contributed by atoms with E-state index in [2.05, 4.69) is 32.5 Å². The summed E-state index contributed by atoms with van der Waals surface area (Å²) >= 11 is 0. The first-order chi connectivity index (χ1) is 15.4. The Kier molecular flexibility index (Phi) is 4.98. The summed E-state index contributed by atoms with van der Waals surface area (Å²) in [5.74, 6) is -1.11. The summed E-state index contributed by atoms with van der Waals surface area (Å²) in [5, 5.41) is 11.2. The van der Waals surface area contributed by atoms with E-state index in [0.29, 0.717) is 16.8 Å². The van der Waals surface area contributed by atoms with Crippen LogP contribution in [0.2, 0.25) is 0 Å². The van der Waals surface area contributed by atoms with Crippen molar-refractivity contribution in [1.82, 2.24) is 15.1 Å². The van der Waals surface area contributed by atoms with Crippen LogP contribution in [-0.2, 0) is 6.54 Å². The molecule has 0 saturated carbocycles. The average molecular weight is 432 g/mol. The van der Waals surface area contributed by atoms with Crippen molar-refractivity contribution in [1.29, 1.82) is 0 Å². The van der Waals surface area contributed by atoms with Gasteiger partial charge in [-0.25, -0.2) is 13.9 Å². The molecule has 1 aliphatic rings. The molecule has 0 spiro atoms. The van der Waals surface area contributed by atoms with Gasteiger partial charge in [0, 0.05) is 17.6 Å². The summed E-state index contributed by atoms with van der Waals surface area (Å²) in [6.07, 6.45) is 0. The highest BCUT2D eigenvalue weighted by Crippen LogP contribution is 2.46. The number of nitrogens with one attached hydrogen (secondary N) is 2. The largest absolute Gasteiger partial charge is 0.377 e. The molecule has 0 fully saturated rings. The third-order valence-corrected chi connectivity index (χ3v) is 5.86. The Morgan fingerprint density at radius 3 is 2.50 bits per heavy atom. The minimum Gasteiger partial charge on any atom is -0.377 e. The van der Waals surface area contributed by atoms with Gasteiger partial charge in [-0.3, -0.25) is 4.79 Å². The zero-order valence-corrected chi connectivity index (χ0v) is 17.7. The zero-order valence-electron chi connectivity index (χ0n) is 17.7. The molecule has 1 aromatic heterocycles. The molecule has 2 atom stereocenters. The van der Waals surface area contributed by atoms with E-state index in [0.717, 1.165) is 23.2 Å². The van der Waals surface area contributed by atoms with E-state index >= 15 is 0 Å². The van der Waals surface area contributed by atoms with Crippen LogP contribution in [0.25, 0.3) is 10.8 Å². The zero-order chi connectivity index (χ0) is 22.4. The fraction of sp³-hybridized carbons (Fsp3) is 0.200. The second kappa shape index (κ2) is 7.84. The Morgan fingerprint density at radius 1 is 0.969 bits per heavy atom. The highest BCUT2D eigenvalue weighted by molar-refractivity contribution is 5.97. The van der Waals surface area contributed by atoms with E-state index in [4.69, 9.17) is 0 Å². The maximum atomic E-state index is 14.3. The lowest BCUT2D eigenvalue weighted by Crippen LogP contribution is -2.28. The standard InChI is InChI=1S/C25H22F2N4O/c1-31(2)13-14-4-3-5-16(10-14)21-23(15-6-8-17(26)9-7-15)28-20-12-18(27)11-19-22(20)24(21)29-30-25(19)32/h3-12,21,23,28H,13H2,1-2H3,(H,30,32)/t21-,23-/m1/s1. The van der Waals surface area contributed by atoms with Crippen LogP contribution in [0.4, 0.5) is 14.5 Å². The minimum absolute atomic E-state index is 0.254. The molecule has 5 rings (SSSR count). The SMILES string of the molecule is CN(C)Cc1cccc([C@H]2c3n[nH]c(=O)c4cc(F)cc(c34)N[C@@H]2c2ccc(F)cc2)c1. The predicted octanol–water partition coefficient (Wildman–Crippen LogP) is 4.56. The molecular formula is C25H22F2N4O. The maximum absolute atomic E-state index is 14.3. The van der Waals surface area contributed by atoms with Crippen LogP contribution in [0.15, 0.2) is 65.5 Å². The number of benzene rings is 3. The number of hydrogen-bond donors (Lipinski definition) is 2. The Morgan fingerprint density at radius 2 is 1.75 bits per heavy atom. The van der Waals surface area contributed by atoms with Gasteiger partial charge in [-0.1, -0.05) is 36.4 Å². The van der Waals surface area contributed by atoms with Gasteiger partial charge in [-0.15, -0.1) is 0 Å². The van der Waals surface area contributed by atoms with Crippen molar-refractivity contribution in [3.05, 3.63) is 105 Å². The van der Waals surface area contributed by atoms with Gasteiger partial charge in [0.25, 0.3) is 5.56 Å². The summed E-state index contributed by atoms with van der Waals surface area (Å²) in [5.41, 5.74) is 3.70. The number of hydrogen-bond acceptors (Lipinski definition) is 4. The third-order valence-electron chi connectivity index (χ3n) is 5.86. The molecule has 0 unspecified atom stereocenters. The van der Waals surface area contributed by atoms with Gasteiger partial charge in [0.15, 0.2) is 0 Å². The van der Waals surface area contributed by atoms with E-state index in [1.165, 1.54) is 24.3 Å². The molecule has 2 heterocycles. The van der Waals surface area contributed by atoms with Crippen molar-refractivity contribution in [2.24, 2.45) is 0 Å². The normalized spacial score (nSPS) is 17.5. The van der Waals surface area contributed by atoms with Crippen LogP contribution in [0.5, 0.6) is 0 Å². The first-order valence-electron chi connectivity index (χ1n) is 10.4. The lowest BCUT2D eigenvalue weighted by atomic mass is 9.79. The lowest BCUT2D eigenvalue weighted by molar-refractivity contribution is 0.402. The number of nitrogens with zero attached hydrogens (tertiary/aromatic N) is 2. The van der Waals surface area contributed by atoms with Crippen molar-refractivity contribution < 1.29 is 8.78 Å². The van der Waals surface area contributed by atoms with E-state index in [9.17, 15) is 13.6 Å². The molecule has 32 heavy (non-hydrogen) atoms. The molecule has 1 aliphatic heterocycles. The monoisotopic (exact) mass is 432 g/mol. The molecule has 0 amide bonds. The summed E-state index contributed by atoms with van der Waals surface area (Å²) in [4.78, 5) is 14.5. The molecule has 7 heteroatoms. The summed E-state index contributed by atoms with van der Waals surface area (Å²) in [6, 6.07) is 16.7. The summed E-state index contributed by atoms with van der Waals surface area (Å²) < 4.78 is 28.0. The predicted molar refractivity (Wildman–Crippen MR) is 121 cm³/mol. The summed E-state index contributed by atoms with van der Waals surface area (Å²) in [7, 11) is 4.02. The molecular weight excluding hydrogens is 410 g/mol. The van der Waals surface area contributed by atoms with Gasteiger partial charge in [-0.2, -0.15) is 5.10 Å². The minimum atomic E-state index is -0.507. The third kappa shape index (κ3) is 3.54. The first kappa shape index (κ1) is 20.3. The highest BCUT2D eigenvalue weighted by Gasteiger charge is 2.35. The lowest BCUT2D eigenvalue weighted by Gasteiger charge is -2.35. The number of anilines is 1. The van der Waals surface area contributed by atoms with E-state index in [-0.39, 0.29) is 23.2 Å². The van der Waals surface area contributed by atoms with Gasteiger partial charge in [-0.05, 0) is 55.1 Å². The van der Waals surface area contributed by atoms with E-state index in [1.54, 1.807) is 12.1 Å². The Bertz CT molecular complexity index is 1360. The van der Waals surface area contributed by atoms with Crippen LogP contribution < -0.4 is 10.9 Å². The van der Waals surface area contributed by atoms with Gasteiger partial charge in [0.2, 0.25) is 0 Å². The average Bonchev–Trinajstić information content (AvgIpc) is 2.75. The van der Waals surface area contributed by atoms with Crippen molar-refractivity contribution in [3.63, 3.8) is 0 Å². The van der Waals surface area contributed by atoms with Crippen LogP contribution >= 0.6 is 0 Å². The Balaban J connectivity index is 1.76. The van der Waals surface area contributed by atoms with Gasteiger partial charge in [0.1, 0.15) is 11.6 Å². The summed E-state index contributed by atoms with van der Waals surface area (Å²) in [6.45, 7) is 0.769. The van der Waals surface area contributed by atoms with Gasteiger partial charge in [0.05, 0.1) is 23.0 Å². The smallest absolute Gasteiger partial charge is 0.272 e. The van der Waals surface area contributed by atoms with Crippen LogP contribution in [-0.4, -0.2) is 29.2 Å². The van der Waals surface area contributed by atoms with Crippen molar-refractivity contribution in [2.45, 2.75) is 18.5 Å². The topological polar surface area (TPSA) is 61.0 Å². The molecule has 0 radical (unpaired) electrons. The molecule has 0 aliphatic carbocycles. The molecule has 5 nitrogen and oxygen atoms in total. The second-order valence-electron chi connectivity index (χ2n) is 8.45. The number of aromatic amines is 1. The van der Waals surface area contributed by atoms with Crippen LogP contribution in [0, 0.1) is 11.6 Å².